The van der Waals surface area contributed by atoms with Gasteiger partial charge in [0.15, 0.2) is 5.75 Å². The van der Waals surface area contributed by atoms with Gasteiger partial charge in [-0.05, 0) is 18.6 Å². The third-order valence-corrected chi connectivity index (χ3v) is 3.11. The zero-order valence-electron chi connectivity index (χ0n) is 11.2. The number of fused-ring (bicyclic) bond motifs is 1. The zero-order chi connectivity index (χ0) is 14.0. The van der Waals surface area contributed by atoms with Crippen LogP contribution in [0, 0.1) is 10.1 Å². The summed E-state index contributed by atoms with van der Waals surface area (Å²) < 4.78 is 7.39. The zero-order valence-corrected chi connectivity index (χ0v) is 11.2. The van der Waals surface area contributed by atoms with Crippen molar-refractivity contribution in [3.05, 3.63) is 40.1 Å². The highest BCUT2D eigenvalue weighted by Gasteiger charge is 2.17. The molecule has 0 saturated heterocycles. The lowest BCUT2D eigenvalue weighted by Gasteiger charge is -2.01. The Bertz CT molecular complexity index is 656. The van der Waals surface area contributed by atoms with E-state index in [0.717, 1.165) is 23.0 Å². The first kappa shape index (κ1) is 13.1. The lowest BCUT2D eigenvalue weighted by molar-refractivity contribution is -0.384. The minimum atomic E-state index is -0.395. The highest BCUT2D eigenvalue weighted by atomic mass is 16.6. The summed E-state index contributed by atoms with van der Waals surface area (Å²) in [5.74, 6) is 0.672. The van der Waals surface area contributed by atoms with Crippen LogP contribution in [-0.2, 0) is 7.05 Å². The van der Waals surface area contributed by atoms with Gasteiger partial charge in [-0.25, -0.2) is 0 Å². The second kappa shape index (κ2) is 5.14. The monoisotopic (exact) mass is 260 g/mol. The highest BCUT2D eigenvalue weighted by molar-refractivity contribution is 5.93. The van der Waals surface area contributed by atoms with Crippen LogP contribution in [0.5, 0.6) is 5.75 Å². The summed E-state index contributed by atoms with van der Waals surface area (Å²) in [6.07, 6.45) is 4.93. The van der Waals surface area contributed by atoms with Crippen LogP contribution in [0.25, 0.3) is 17.0 Å². The molecule has 0 saturated carbocycles. The van der Waals surface area contributed by atoms with Crippen LogP contribution in [0.15, 0.2) is 24.3 Å². The van der Waals surface area contributed by atoms with Gasteiger partial charge in [0, 0.05) is 24.6 Å². The van der Waals surface area contributed by atoms with Crippen LogP contribution in [0.3, 0.4) is 0 Å². The third-order valence-electron chi connectivity index (χ3n) is 3.11. The number of rotatable bonds is 4. The molecule has 1 aromatic carbocycles. The molecule has 0 unspecified atom stereocenters. The quantitative estimate of drug-likeness (QED) is 0.624. The van der Waals surface area contributed by atoms with Crippen molar-refractivity contribution < 1.29 is 9.66 Å². The van der Waals surface area contributed by atoms with Crippen molar-refractivity contribution in [1.29, 1.82) is 0 Å². The molecule has 0 spiro atoms. The predicted molar refractivity (Wildman–Crippen MR) is 75.5 cm³/mol. The van der Waals surface area contributed by atoms with Gasteiger partial charge >= 0.3 is 0 Å². The standard InChI is InChI=1S/C14H16N2O3/c1-4-5-6-13-14(19-3)11-9-10(16(17)18)7-8-12(11)15(13)2/h5-9H,4H2,1-3H3/b6-5-. The van der Waals surface area contributed by atoms with E-state index in [1.54, 1.807) is 19.2 Å². The Balaban J connectivity index is 2.73. The van der Waals surface area contributed by atoms with Crippen molar-refractivity contribution in [2.45, 2.75) is 13.3 Å². The summed E-state index contributed by atoms with van der Waals surface area (Å²) in [6, 6.07) is 4.81. The van der Waals surface area contributed by atoms with Gasteiger partial charge < -0.3 is 9.30 Å². The van der Waals surface area contributed by atoms with Crippen molar-refractivity contribution in [2.24, 2.45) is 7.05 Å². The lowest BCUT2D eigenvalue weighted by Crippen LogP contribution is -1.92. The maximum atomic E-state index is 10.9. The smallest absolute Gasteiger partial charge is 0.270 e. The summed E-state index contributed by atoms with van der Waals surface area (Å²) >= 11 is 0. The SMILES string of the molecule is CC/C=C\c1c(OC)c2cc([N+](=O)[O-])ccc2n1C. The van der Waals surface area contributed by atoms with Crippen LogP contribution < -0.4 is 4.74 Å². The molecular weight excluding hydrogens is 244 g/mol. The van der Waals surface area contributed by atoms with Gasteiger partial charge in [-0.15, -0.1) is 0 Å². The minimum absolute atomic E-state index is 0.0717. The first-order valence-corrected chi connectivity index (χ1v) is 6.07. The van der Waals surface area contributed by atoms with Gasteiger partial charge in [0.2, 0.25) is 0 Å². The summed E-state index contributed by atoms with van der Waals surface area (Å²) in [5.41, 5.74) is 1.90. The van der Waals surface area contributed by atoms with E-state index >= 15 is 0 Å². The Morgan fingerprint density at radius 2 is 2.21 bits per heavy atom. The normalized spacial score (nSPS) is 11.3. The van der Waals surface area contributed by atoms with E-state index in [-0.39, 0.29) is 5.69 Å². The molecule has 0 amide bonds. The largest absolute Gasteiger partial charge is 0.494 e. The van der Waals surface area contributed by atoms with Gasteiger partial charge in [0.05, 0.1) is 23.2 Å². The van der Waals surface area contributed by atoms with Crippen LogP contribution in [0.4, 0.5) is 5.69 Å². The maximum Gasteiger partial charge on any atom is 0.270 e. The third kappa shape index (κ3) is 2.19. The average molecular weight is 260 g/mol. The van der Waals surface area contributed by atoms with E-state index in [9.17, 15) is 10.1 Å². The van der Waals surface area contributed by atoms with Gasteiger partial charge in [0.1, 0.15) is 0 Å². The van der Waals surface area contributed by atoms with E-state index in [4.69, 9.17) is 4.74 Å². The van der Waals surface area contributed by atoms with E-state index in [1.807, 2.05) is 23.8 Å². The summed E-state index contributed by atoms with van der Waals surface area (Å²) in [7, 11) is 3.50. The number of aryl methyl sites for hydroxylation is 1. The number of nitrogens with zero attached hydrogens (tertiary/aromatic N) is 2. The van der Waals surface area contributed by atoms with Crippen LogP contribution >= 0.6 is 0 Å². The summed E-state index contributed by atoms with van der Waals surface area (Å²) in [6.45, 7) is 2.05. The van der Waals surface area contributed by atoms with E-state index in [2.05, 4.69) is 6.92 Å². The Labute approximate surface area is 111 Å². The molecule has 0 N–H and O–H groups in total. The number of nitro groups is 1. The van der Waals surface area contributed by atoms with Crippen molar-refractivity contribution in [1.82, 2.24) is 4.57 Å². The molecule has 0 aliphatic carbocycles. The Morgan fingerprint density at radius 1 is 1.47 bits per heavy atom. The van der Waals surface area contributed by atoms with Gasteiger partial charge in [-0.2, -0.15) is 0 Å². The predicted octanol–water partition coefficient (Wildman–Crippen LogP) is 3.52. The number of ether oxygens (including phenoxy) is 1. The van der Waals surface area contributed by atoms with Crippen LogP contribution in [-0.4, -0.2) is 16.6 Å². The maximum absolute atomic E-state index is 10.9. The molecule has 0 atom stereocenters. The Kier molecular flexibility index (Phi) is 3.55. The highest BCUT2D eigenvalue weighted by Crippen LogP contribution is 2.35. The molecule has 2 rings (SSSR count). The fraction of sp³-hybridized carbons (Fsp3) is 0.286. The van der Waals surface area contributed by atoms with Crippen LogP contribution in [0.1, 0.15) is 19.0 Å². The Hall–Kier alpha value is -2.30. The molecule has 1 aromatic heterocycles. The van der Waals surface area contributed by atoms with Crippen molar-refractivity contribution >= 4 is 22.7 Å². The van der Waals surface area contributed by atoms with Gasteiger partial charge in [-0.1, -0.05) is 13.0 Å². The number of methoxy groups -OCH3 is 1. The molecule has 2 aromatic rings. The molecule has 19 heavy (non-hydrogen) atoms. The fourth-order valence-corrected chi connectivity index (χ4v) is 2.16. The van der Waals surface area contributed by atoms with Crippen molar-refractivity contribution in [3.63, 3.8) is 0 Å². The number of non-ortho nitro benzene ring substituents is 1. The molecule has 0 aliphatic rings. The van der Waals surface area contributed by atoms with Crippen molar-refractivity contribution in [2.75, 3.05) is 7.11 Å². The molecule has 5 heteroatoms. The summed E-state index contributed by atoms with van der Waals surface area (Å²) in [4.78, 5) is 10.5. The van der Waals surface area contributed by atoms with Gasteiger partial charge in [0.25, 0.3) is 5.69 Å². The molecule has 100 valence electrons. The number of benzene rings is 1. The molecule has 5 nitrogen and oxygen atoms in total. The minimum Gasteiger partial charge on any atom is -0.494 e. The number of hydrogen-bond donors (Lipinski definition) is 0. The van der Waals surface area contributed by atoms with Crippen molar-refractivity contribution in [3.8, 4) is 5.75 Å². The topological polar surface area (TPSA) is 57.3 Å². The second-order valence-electron chi connectivity index (χ2n) is 4.25. The average Bonchev–Trinajstić information content (AvgIpc) is 2.68. The molecule has 1 heterocycles. The fourth-order valence-electron chi connectivity index (χ4n) is 2.16. The molecular formula is C14H16N2O3. The van der Waals surface area contributed by atoms with Gasteiger partial charge in [-0.3, -0.25) is 10.1 Å². The molecule has 0 fully saturated rings. The van der Waals surface area contributed by atoms with E-state index < -0.39 is 4.92 Å². The summed E-state index contributed by atoms with van der Waals surface area (Å²) in [5, 5.41) is 11.6. The molecule has 0 radical (unpaired) electrons. The lowest BCUT2D eigenvalue weighted by atomic mass is 10.2. The number of nitro benzene ring substituents is 1. The number of allylic oxidation sites excluding steroid dienone is 1. The number of aromatic nitrogens is 1. The molecule has 0 aliphatic heterocycles. The first-order chi connectivity index (χ1) is 9.10. The Morgan fingerprint density at radius 3 is 2.79 bits per heavy atom. The first-order valence-electron chi connectivity index (χ1n) is 6.07. The second-order valence-corrected chi connectivity index (χ2v) is 4.25. The molecule has 0 bridgehead atoms. The van der Waals surface area contributed by atoms with E-state index in [1.165, 1.54) is 6.07 Å². The number of hydrogen-bond acceptors (Lipinski definition) is 3. The van der Waals surface area contributed by atoms with E-state index in [0.29, 0.717) is 5.75 Å². The van der Waals surface area contributed by atoms with Crippen LogP contribution in [0.2, 0.25) is 0 Å².